The van der Waals surface area contributed by atoms with Gasteiger partial charge in [-0.25, -0.2) is 9.97 Å². The first-order valence-corrected chi connectivity index (χ1v) is 8.52. The first-order chi connectivity index (χ1) is 12.7. The Morgan fingerprint density at radius 2 is 2.08 bits per heavy atom. The minimum Gasteiger partial charge on any atom is -0.493 e. The van der Waals surface area contributed by atoms with E-state index in [1.165, 1.54) is 0 Å². The Hall–Kier alpha value is -2.93. The number of nitrogens with zero attached hydrogens (tertiary/aromatic N) is 2. The highest BCUT2D eigenvalue weighted by Gasteiger charge is 2.26. The summed E-state index contributed by atoms with van der Waals surface area (Å²) in [5, 5.41) is 3.23. The van der Waals surface area contributed by atoms with Crippen LogP contribution in [0.2, 0.25) is 0 Å². The Morgan fingerprint density at radius 3 is 2.81 bits per heavy atom. The third-order valence-electron chi connectivity index (χ3n) is 4.76. The van der Waals surface area contributed by atoms with Crippen molar-refractivity contribution < 1.29 is 14.3 Å². The number of benzene rings is 1. The molecule has 26 heavy (non-hydrogen) atoms. The van der Waals surface area contributed by atoms with Crippen molar-refractivity contribution in [2.75, 3.05) is 27.3 Å². The van der Waals surface area contributed by atoms with Gasteiger partial charge in [-0.1, -0.05) is 0 Å². The third-order valence-corrected chi connectivity index (χ3v) is 4.76. The predicted molar refractivity (Wildman–Crippen MR) is 97.7 cm³/mol. The van der Waals surface area contributed by atoms with Gasteiger partial charge in [0.05, 0.1) is 31.7 Å². The molecule has 2 aromatic heterocycles. The average molecular weight is 352 g/mol. The van der Waals surface area contributed by atoms with Gasteiger partial charge in [-0.05, 0) is 31.2 Å². The number of aromatic nitrogens is 3. The molecule has 3 heterocycles. The number of ether oxygens (including phenoxy) is 2. The molecule has 1 aliphatic heterocycles. The third kappa shape index (κ3) is 2.80. The molecule has 2 N–H and O–H groups in total. The number of Topliss-reactive ketones (excluding diaryl/α,β-unsaturated/α-hetero) is 1. The SMILES string of the molecule is COc1ccc(-c2cnc3[nH]cc(C(=O)C4CCNC4)c3n2)cc1OC. The molecule has 0 spiro atoms. The van der Waals surface area contributed by atoms with E-state index in [1.807, 2.05) is 18.2 Å². The maximum atomic E-state index is 12.8. The maximum absolute atomic E-state index is 12.8. The van der Waals surface area contributed by atoms with Crippen molar-refractivity contribution in [2.45, 2.75) is 6.42 Å². The zero-order valence-electron chi connectivity index (χ0n) is 14.7. The highest BCUT2D eigenvalue weighted by molar-refractivity contribution is 6.07. The van der Waals surface area contributed by atoms with E-state index >= 15 is 0 Å². The first-order valence-electron chi connectivity index (χ1n) is 8.52. The van der Waals surface area contributed by atoms with Gasteiger partial charge in [-0.2, -0.15) is 0 Å². The molecule has 1 aromatic carbocycles. The minimum absolute atomic E-state index is 0.000497. The lowest BCUT2D eigenvalue weighted by atomic mass is 9.98. The van der Waals surface area contributed by atoms with Crippen molar-refractivity contribution in [3.05, 3.63) is 36.2 Å². The zero-order valence-corrected chi connectivity index (χ0v) is 14.7. The average Bonchev–Trinajstić information content (AvgIpc) is 3.36. The second-order valence-electron chi connectivity index (χ2n) is 6.28. The summed E-state index contributed by atoms with van der Waals surface area (Å²) in [5.74, 6) is 1.38. The predicted octanol–water partition coefficient (Wildman–Crippen LogP) is 2.43. The lowest BCUT2D eigenvalue weighted by Gasteiger charge is -2.09. The van der Waals surface area contributed by atoms with Crippen LogP contribution in [-0.2, 0) is 0 Å². The minimum atomic E-state index is 0.000497. The van der Waals surface area contributed by atoms with E-state index in [2.05, 4.69) is 15.3 Å². The van der Waals surface area contributed by atoms with E-state index in [9.17, 15) is 4.79 Å². The number of methoxy groups -OCH3 is 2. The molecule has 7 nitrogen and oxygen atoms in total. The number of H-pyrrole nitrogens is 1. The summed E-state index contributed by atoms with van der Waals surface area (Å²) in [6.45, 7) is 1.59. The van der Waals surface area contributed by atoms with Crippen LogP contribution in [0.5, 0.6) is 11.5 Å². The van der Waals surface area contributed by atoms with Gasteiger partial charge >= 0.3 is 0 Å². The number of aromatic amines is 1. The Labute approximate surface area is 150 Å². The van der Waals surface area contributed by atoms with Gasteiger partial charge in [0.25, 0.3) is 0 Å². The summed E-state index contributed by atoms with van der Waals surface area (Å²) in [6, 6.07) is 5.57. The zero-order chi connectivity index (χ0) is 18.1. The van der Waals surface area contributed by atoms with Crippen LogP contribution in [0.3, 0.4) is 0 Å². The topological polar surface area (TPSA) is 89.1 Å². The molecule has 3 aromatic rings. The van der Waals surface area contributed by atoms with Crippen LogP contribution in [-0.4, -0.2) is 48.0 Å². The van der Waals surface area contributed by atoms with Crippen LogP contribution in [0, 0.1) is 5.92 Å². The smallest absolute Gasteiger partial charge is 0.171 e. The molecule has 1 saturated heterocycles. The number of ketones is 1. The summed E-state index contributed by atoms with van der Waals surface area (Å²) in [4.78, 5) is 25.0. The van der Waals surface area contributed by atoms with Gasteiger partial charge < -0.3 is 19.8 Å². The molecule has 0 radical (unpaired) electrons. The van der Waals surface area contributed by atoms with E-state index in [0.29, 0.717) is 40.5 Å². The van der Waals surface area contributed by atoms with Gasteiger partial charge in [0, 0.05) is 24.2 Å². The molecule has 7 heteroatoms. The molecular formula is C19H20N4O3. The molecule has 1 unspecified atom stereocenters. The largest absolute Gasteiger partial charge is 0.493 e. The van der Waals surface area contributed by atoms with Gasteiger partial charge in [-0.15, -0.1) is 0 Å². The molecule has 0 amide bonds. The fraction of sp³-hybridized carbons (Fsp3) is 0.316. The number of carbonyl (C=O) groups is 1. The Morgan fingerprint density at radius 1 is 1.23 bits per heavy atom. The van der Waals surface area contributed by atoms with Gasteiger partial charge in [0.15, 0.2) is 22.9 Å². The molecule has 134 valence electrons. The highest BCUT2D eigenvalue weighted by atomic mass is 16.5. The van der Waals surface area contributed by atoms with Gasteiger partial charge in [0.1, 0.15) is 5.52 Å². The number of fused-ring (bicyclic) bond motifs is 1. The summed E-state index contributed by atoms with van der Waals surface area (Å²) in [7, 11) is 3.19. The Bertz CT molecular complexity index is 961. The van der Waals surface area contributed by atoms with Crippen LogP contribution in [0.25, 0.3) is 22.4 Å². The second-order valence-corrected chi connectivity index (χ2v) is 6.28. The van der Waals surface area contributed by atoms with Crippen molar-refractivity contribution in [3.8, 4) is 22.8 Å². The van der Waals surface area contributed by atoms with Crippen molar-refractivity contribution in [1.82, 2.24) is 20.3 Å². The van der Waals surface area contributed by atoms with E-state index < -0.39 is 0 Å². The van der Waals surface area contributed by atoms with E-state index in [1.54, 1.807) is 26.6 Å². The van der Waals surface area contributed by atoms with Crippen molar-refractivity contribution in [1.29, 1.82) is 0 Å². The number of nitrogens with one attached hydrogen (secondary N) is 2. The van der Waals surface area contributed by atoms with Crippen LogP contribution in [0.15, 0.2) is 30.6 Å². The summed E-state index contributed by atoms with van der Waals surface area (Å²) >= 11 is 0. The van der Waals surface area contributed by atoms with Gasteiger partial charge in [0.2, 0.25) is 0 Å². The van der Waals surface area contributed by atoms with Crippen molar-refractivity contribution in [2.24, 2.45) is 5.92 Å². The molecule has 1 atom stereocenters. The van der Waals surface area contributed by atoms with E-state index in [0.717, 1.165) is 18.5 Å². The highest BCUT2D eigenvalue weighted by Crippen LogP contribution is 2.32. The van der Waals surface area contributed by atoms with Crippen LogP contribution in [0.4, 0.5) is 0 Å². The lowest BCUT2D eigenvalue weighted by Crippen LogP contribution is -2.17. The van der Waals surface area contributed by atoms with Gasteiger partial charge in [-0.3, -0.25) is 4.79 Å². The molecular weight excluding hydrogens is 332 g/mol. The molecule has 0 aliphatic carbocycles. The number of hydrogen-bond donors (Lipinski definition) is 2. The molecule has 0 bridgehead atoms. The molecule has 4 rings (SSSR count). The Balaban J connectivity index is 1.75. The number of carbonyl (C=O) groups excluding carboxylic acids is 1. The normalized spacial score (nSPS) is 16.8. The lowest BCUT2D eigenvalue weighted by molar-refractivity contribution is 0.0932. The number of hydrogen-bond acceptors (Lipinski definition) is 6. The molecule has 1 aliphatic rings. The fourth-order valence-corrected chi connectivity index (χ4v) is 3.31. The monoisotopic (exact) mass is 352 g/mol. The van der Waals surface area contributed by atoms with Crippen molar-refractivity contribution >= 4 is 16.9 Å². The van der Waals surface area contributed by atoms with E-state index in [-0.39, 0.29) is 11.7 Å². The summed E-state index contributed by atoms with van der Waals surface area (Å²) in [6.07, 6.45) is 4.25. The Kier molecular flexibility index (Phi) is 4.30. The summed E-state index contributed by atoms with van der Waals surface area (Å²) < 4.78 is 10.6. The van der Waals surface area contributed by atoms with E-state index in [4.69, 9.17) is 14.5 Å². The second kappa shape index (κ2) is 6.76. The number of rotatable bonds is 5. The quantitative estimate of drug-likeness (QED) is 0.686. The van der Waals surface area contributed by atoms with Crippen LogP contribution >= 0.6 is 0 Å². The van der Waals surface area contributed by atoms with Crippen LogP contribution in [0.1, 0.15) is 16.8 Å². The fourth-order valence-electron chi connectivity index (χ4n) is 3.31. The molecule has 1 fully saturated rings. The standard InChI is InChI=1S/C19H20N4O3/c1-25-15-4-3-11(7-16(15)26-2)14-10-22-19-17(23-14)13(9-21-19)18(24)12-5-6-20-8-12/h3-4,7,9-10,12,20H,5-6,8H2,1-2H3,(H,21,22). The maximum Gasteiger partial charge on any atom is 0.171 e. The first kappa shape index (κ1) is 16.5. The summed E-state index contributed by atoms with van der Waals surface area (Å²) in [5.41, 5.74) is 3.34. The van der Waals surface area contributed by atoms with Crippen molar-refractivity contribution in [3.63, 3.8) is 0 Å². The molecule has 0 saturated carbocycles. The van der Waals surface area contributed by atoms with Crippen LogP contribution < -0.4 is 14.8 Å².